The zero-order valence-electron chi connectivity index (χ0n) is 15.2. The van der Waals surface area contributed by atoms with Crippen molar-refractivity contribution in [1.82, 2.24) is 9.80 Å². The second-order valence-corrected chi connectivity index (χ2v) is 8.44. The summed E-state index contributed by atoms with van der Waals surface area (Å²) < 4.78 is 0. The SMILES string of the molecule is CSc1ccc(CN(C)C(=O)[C@@H]2CCCN(C(=O)c3cccs3)C2)cc1. The lowest BCUT2D eigenvalue weighted by Crippen LogP contribution is -2.45. The van der Waals surface area contributed by atoms with Crippen LogP contribution in [0.4, 0.5) is 0 Å². The van der Waals surface area contributed by atoms with Gasteiger partial charge in [0, 0.05) is 31.6 Å². The van der Waals surface area contributed by atoms with Gasteiger partial charge in [-0.05, 0) is 48.2 Å². The van der Waals surface area contributed by atoms with Crippen LogP contribution in [0.3, 0.4) is 0 Å². The molecule has 1 atom stereocenters. The van der Waals surface area contributed by atoms with E-state index in [2.05, 4.69) is 30.5 Å². The number of hydrogen-bond donors (Lipinski definition) is 0. The van der Waals surface area contributed by atoms with Crippen LogP contribution in [-0.2, 0) is 11.3 Å². The average Bonchev–Trinajstić information content (AvgIpc) is 3.22. The predicted molar refractivity (Wildman–Crippen MR) is 108 cm³/mol. The largest absolute Gasteiger partial charge is 0.341 e. The van der Waals surface area contributed by atoms with Gasteiger partial charge in [-0.15, -0.1) is 23.1 Å². The van der Waals surface area contributed by atoms with Gasteiger partial charge in [0.15, 0.2) is 0 Å². The van der Waals surface area contributed by atoms with Gasteiger partial charge in [0.1, 0.15) is 0 Å². The van der Waals surface area contributed by atoms with Crippen LogP contribution in [0.1, 0.15) is 28.1 Å². The molecule has 6 heteroatoms. The van der Waals surface area contributed by atoms with Crippen LogP contribution >= 0.6 is 23.1 Å². The molecule has 0 aliphatic carbocycles. The van der Waals surface area contributed by atoms with E-state index >= 15 is 0 Å². The Balaban J connectivity index is 1.60. The standard InChI is InChI=1S/C20H24N2O2S2/c1-21(13-15-7-9-17(25-2)10-8-15)19(23)16-5-3-11-22(14-16)20(24)18-6-4-12-26-18/h4,6-10,12,16H,3,5,11,13-14H2,1-2H3/t16-/m1/s1. The van der Waals surface area contributed by atoms with E-state index in [-0.39, 0.29) is 17.7 Å². The highest BCUT2D eigenvalue weighted by Gasteiger charge is 2.30. The van der Waals surface area contributed by atoms with E-state index in [0.29, 0.717) is 13.1 Å². The number of likely N-dealkylation sites (tertiary alicyclic amines) is 1. The minimum absolute atomic E-state index is 0.0489. The number of carbonyl (C=O) groups excluding carboxylic acids is 2. The molecule has 0 saturated carbocycles. The zero-order valence-corrected chi connectivity index (χ0v) is 16.8. The normalized spacial score (nSPS) is 17.2. The third-order valence-electron chi connectivity index (χ3n) is 4.74. The Kier molecular flexibility index (Phi) is 6.38. The number of benzene rings is 1. The van der Waals surface area contributed by atoms with Crippen LogP contribution < -0.4 is 0 Å². The smallest absolute Gasteiger partial charge is 0.263 e. The first-order chi connectivity index (χ1) is 12.6. The Morgan fingerprint density at radius 1 is 1.27 bits per heavy atom. The summed E-state index contributed by atoms with van der Waals surface area (Å²) in [6.45, 7) is 1.86. The Morgan fingerprint density at radius 2 is 2.04 bits per heavy atom. The molecular formula is C20H24N2O2S2. The van der Waals surface area contributed by atoms with Crippen molar-refractivity contribution < 1.29 is 9.59 Å². The van der Waals surface area contributed by atoms with E-state index in [4.69, 9.17) is 0 Å². The van der Waals surface area contributed by atoms with Gasteiger partial charge >= 0.3 is 0 Å². The van der Waals surface area contributed by atoms with Crippen molar-refractivity contribution in [1.29, 1.82) is 0 Å². The van der Waals surface area contributed by atoms with E-state index in [9.17, 15) is 9.59 Å². The first-order valence-electron chi connectivity index (χ1n) is 8.79. The maximum Gasteiger partial charge on any atom is 0.263 e. The minimum Gasteiger partial charge on any atom is -0.341 e. The summed E-state index contributed by atoms with van der Waals surface area (Å²) >= 11 is 3.17. The lowest BCUT2D eigenvalue weighted by Gasteiger charge is -2.33. The van der Waals surface area contributed by atoms with E-state index in [1.54, 1.807) is 16.7 Å². The van der Waals surface area contributed by atoms with Gasteiger partial charge in [-0.25, -0.2) is 0 Å². The van der Waals surface area contributed by atoms with Crippen molar-refractivity contribution in [3.8, 4) is 0 Å². The van der Waals surface area contributed by atoms with Gasteiger partial charge in [-0.3, -0.25) is 9.59 Å². The van der Waals surface area contributed by atoms with Crippen molar-refractivity contribution in [3.05, 3.63) is 52.2 Å². The molecule has 1 aliphatic rings. The van der Waals surface area contributed by atoms with E-state index < -0.39 is 0 Å². The molecule has 0 spiro atoms. The van der Waals surface area contributed by atoms with Gasteiger partial charge in [0.05, 0.1) is 10.8 Å². The Morgan fingerprint density at radius 3 is 2.69 bits per heavy atom. The highest BCUT2D eigenvalue weighted by atomic mass is 32.2. The molecule has 4 nitrogen and oxygen atoms in total. The fraction of sp³-hybridized carbons (Fsp3) is 0.400. The molecule has 138 valence electrons. The zero-order chi connectivity index (χ0) is 18.5. The molecule has 0 radical (unpaired) electrons. The molecule has 1 fully saturated rings. The van der Waals surface area contributed by atoms with E-state index in [1.165, 1.54) is 16.2 Å². The van der Waals surface area contributed by atoms with Crippen molar-refractivity contribution in [2.75, 3.05) is 26.4 Å². The average molecular weight is 389 g/mol. The molecule has 0 N–H and O–H groups in total. The molecule has 1 aromatic heterocycles. The molecule has 1 saturated heterocycles. The van der Waals surface area contributed by atoms with E-state index in [1.807, 2.05) is 29.5 Å². The van der Waals surface area contributed by atoms with Crippen LogP contribution in [-0.4, -0.2) is 48.0 Å². The fourth-order valence-electron chi connectivity index (χ4n) is 3.31. The molecule has 0 unspecified atom stereocenters. The van der Waals surface area contributed by atoms with Gasteiger partial charge in [0.25, 0.3) is 5.91 Å². The van der Waals surface area contributed by atoms with E-state index in [0.717, 1.165) is 29.8 Å². The van der Waals surface area contributed by atoms with Gasteiger partial charge < -0.3 is 9.80 Å². The molecular weight excluding hydrogens is 364 g/mol. The summed E-state index contributed by atoms with van der Waals surface area (Å²) in [5.74, 6) is 0.0681. The predicted octanol–water partition coefficient (Wildman–Crippen LogP) is 3.98. The van der Waals surface area contributed by atoms with Crippen molar-refractivity contribution in [2.45, 2.75) is 24.3 Å². The third-order valence-corrected chi connectivity index (χ3v) is 6.35. The molecule has 26 heavy (non-hydrogen) atoms. The highest BCUT2D eigenvalue weighted by Crippen LogP contribution is 2.23. The Labute approximate surface area is 163 Å². The number of thiophene rings is 1. The highest BCUT2D eigenvalue weighted by molar-refractivity contribution is 7.98. The summed E-state index contributed by atoms with van der Waals surface area (Å²) in [6, 6.07) is 12.1. The molecule has 0 bridgehead atoms. The number of thioether (sulfide) groups is 1. The first-order valence-corrected chi connectivity index (χ1v) is 10.9. The van der Waals surface area contributed by atoms with Crippen molar-refractivity contribution in [2.24, 2.45) is 5.92 Å². The second-order valence-electron chi connectivity index (χ2n) is 6.61. The maximum atomic E-state index is 12.9. The van der Waals surface area contributed by atoms with Crippen LogP contribution in [0, 0.1) is 5.92 Å². The number of hydrogen-bond acceptors (Lipinski definition) is 4. The Hall–Kier alpha value is -1.79. The quantitative estimate of drug-likeness (QED) is 0.728. The summed E-state index contributed by atoms with van der Waals surface area (Å²) in [5, 5.41) is 1.91. The minimum atomic E-state index is -0.108. The number of nitrogens with zero attached hydrogens (tertiary/aromatic N) is 2. The lowest BCUT2D eigenvalue weighted by atomic mass is 9.96. The summed E-state index contributed by atoms with van der Waals surface area (Å²) in [5.41, 5.74) is 1.13. The molecule has 2 amide bonds. The molecule has 2 aromatic rings. The summed E-state index contributed by atoms with van der Waals surface area (Å²) in [7, 11) is 1.85. The van der Waals surface area contributed by atoms with Crippen molar-refractivity contribution in [3.63, 3.8) is 0 Å². The number of piperidine rings is 1. The number of amides is 2. The maximum absolute atomic E-state index is 12.9. The van der Waals surface area contributed by atoms with Crippen molar-refractivity contribution >= 4 is 34.9 Å². The lowest BCUT2D eigenvalue weighted by molar-refractivity contribution is -0.136. The molecule has 3 rings (SSSR count). The second kappa shape index (κ2) is 8.73. The van der Waals surface area contributed by atoms with Gasteiger partial charge in [-0.2, -0.15) is 0 Å². The third kappa shape index (κ3) is 4.48. The number of carbonyl (C=O) groups is 2. The first kappa shape index (κ1) is 19.0. The molecule has 1 aliphatic heterocycles. The molecule has 2 heterocycles. The summed E-state index contributed by atoms with van der Waals surface area (Å²) in [6.07, 6.45) is 3.78. The monoisotopic (exact) mass is 388 g/mol. The van der Waals surface area contributed by atoms with Gasteiger partial charge in [0.2, 0.25) is 5.91 Å². The Bertz CT molecular complexity index is 744. The summed E-state index contributed by atoms with van der Waals surface area (Å²) in [4.78, 5) is 31.0. The number of rotatable bonds is 5. The van der Waals surface area contributed by atoms with Crippen LogP contribution in [0.15, 0.2) is 46.7 Å². The van der Waals surface area contributed by atoms with Gasteiger partial charge in [-0.1, -0.05) is 18.2 Å². The molecule has 1 aromatic carbocycles. The van der Waals surface area contributed by atoms with Crippen LogP contribution in [0.2, 0.25) is 0 Å². The van der Waals surface area contributed by atoms with Crippen LogP contribution in [0.25, 0.3) is 0 Å². The fourth-order valence-corrected chi connectivity index (χ4v) is 4.41. The topological polar surface area (TPSA) is 40.6 Å². The van der Waals surface area contributed by atoms with Crippen LogP contribution in [0.5, 0.6) is 0 Å².